The number of ketones is 1. The molecule has 0 N–H and O–H groups in total. The number of nitrogens with zero attached hydrogens (tertiary/aromatic N) is 3. The van der Waals surface area contributed by atoms with E-state index < -0.39 is 0 Å². The molecule has 3 aromatic rings. The van der Waals surface area contributed by atoms with Crippen molar-refractivity contribution >= 4 is 34.6 Å². The molecule has 7 heteroatoms. The Morgan fingerprint density at radius 3 is 2.31 bits per heavy atom. The van der Waals surface area contributed by atoms with Crippen LogP contribution in [0.1, 0.15) is 39.3 Å². The van der Waals surface area contributed by atoms with Gasteiger partial charge in [0.05, 0.1) is 11.2 Å². The number of carbonyl (C=O) groups is 3. The molecule has 2 aliphatic heterocycles. The van der Waals surface area contributed by atoms with Gasteiger partial charge < -0.3 is 14.5 Å². The zero-order valence-corrected chi connectivity index (χ0v) is 19.4. The molecule has 0 saturated carbocycles. The fourth-order valence-electron chi connectivity index (χ4n) is 4.50. The van der Waals surface area contributed by atoms with Gasteiger partial charge in [0.2, 0.25) is 0 Å². The van der Waals surface area contributed by atoms with Gasteiger partial charge in [-0.25, -0.2) is 4.98 Å². The van der Waals surface area contributed by atoms with E-state index in [9.17, 15) is 14.4 Å². The number of benzene rings is 2. The molecule has 2 aliphatic rings. The molecule has 2 aromatic carbocycles. The van der Waals surface area contributed by atoms with Gasteiger partial charge in [0.15, 0.2) is 5.78 Å². The molecule has 1 unspecified atom stereocenters. The first-order valence-electron chi connectivity index (χ1n) is 12.0. The fraction of sp³-hybridized carbons (Fsp3) is 0.286. The van der Waals surface area contributed by atoms with Gasteiger partial charge in [-0.1, -0.05) is 36.4 Å². The van der Waals surface area contributed by atoms with Crippen molar-refractivity contribution in [2.24, 2.45) is 0 Å². The quantitative estimate of drug-likeness (QED) is 0.421. The van der Waals surface area contributed by atoms with Crippen molar-refractivity contribution in [2.75, 3.05) is 32.8 Å². The van der Waals surface area contributed by atoms with Crippen LogP contribution in [0.25, 0.3) is 17.0 Å². The lowest BCUT2D eigenvalue weighted by Crippen LogP contribution is -2.52. The molecule has 0 spiro atoms. The Hall–Kier alpha value is -3.84. The predicted molar refractivity (Wildman–Crippen MR) is 133 cm³/mol. The number of hydrogen-bond acceptors (Lipinski definition) is 5. The summed E-state index contributed by atoms with van der Waals surface area (Å²) in [5.74, 6) is -0.214. The normalized spacial score (nSPS) is 18.3. The molecule has 0 bridgehead atoms. The highest BCUT2D eigenvalue weighted by atomic mass is 16.5. The second kappa shape index (κ2) is 10.2. The molecule has 2 saturated heterocycles. The first-order valence-corrected chi connectivity index (χ1v) is 12.0. The third kappa shape index (κ3) is 5.15. The van der Waals surface area contributed by atoms with E-state index in [1.807, 2.05) is 36.4 Å². The third-order valence-corrected chi connectivity index (χ3v) is 6.53. The van der Waals surface area contributed by atoms with Crippen molar-refractivity contribution in [3.05, 3.63) is 83.6 Å². The van der Waals surface area contributed by atoms with E-state index in [4.69, 9.17) is 4.74 Å². The monoisotopic (exact) mass is 469 g/mol. The van der Waals surface area contributed by atoms with Crippen molar-refractivity contribution in [1.29, 1.82) is 0 Å². The standard InChI is InChI=1S/C28H27N3O4/c32-25(14-13-23-12-11-20-4-1-2-5-24(20)29-23)21-7-9-22(10-8-21)27(33)30-15-17-31(18-16-30)28(34)26-6-3-19-35-26/h1-2,4-5,7-14,26H,3,6,15-19H2/b14-13+. The molecule has 35 heavy (non-hydrogen) atoms. The lowest BCUT2D eigenvalue weighted by Gasteiger charge is -2.35. The minimum atomic E-state index is -0.326. The molecular weight excluding hydrogens is 442 g/mol. The molecule has 5 rings (SSSR count). The lowest BCUT2D eigenvalue weighted by molar-refractivity contribution is -0.142. The smallest absolute Gasteiger partial charge is 0.253 e. The van der Waals surface area contributed by atoms with Crippen LogP contribution in [-0.2, 0) is 9.53 Å². The van der Waals surface area contributed by atoms with E-state index in [2.05, 4.69) is 4.98 Å². The van der Waals surface area contributed by atoms with Crippen molar-refractivity contribution in [2.45, 2.75) is 18.9 Å². The van der Waals surface area contributed by atoms with E-state index in [0.29, 0.717) is 49.6 Å². The van der Waals surface area contributed by atoms with E-state index >= 15 is 0 Å². The van der Waals surface area contributed by atoms with Crippen LogP contribution in [0.5, 0.6) is 0 Å². The zero-order valence-electron chi connectivity index (χ0n) is 19.4. The SMILES string of the molecule is O=C(/C=C/c1ccc2ccccc2n1)c1ccc(C(=O)N2CCN(C(=O)C3CCCO3)CC2)cc1. The number of aromatic nitrogens is 1. The number of amides is 2. The Balaban J connectivity index is 1.17. The van der Waals surface area contributed by atoms with Gasteiger partial charge in [0, 0.05) is 49.3 Å². The summed E-state index contributed by atoms with van der Waals surface area (Å²) in [6.07, 6.45) is 4.57. The first kappa shape index (κ1) is 22.9. The van der Waals surface area contributed by atoms with Crippen molar-refractivity contribution < 1.29 is 19.1 Å². The van der Waals surface area contributed by atoms with Gasteiger partial charge in [-0.05, 0) is 49.3 Å². The van der Waals surface area contributed by atoms with E-state index in [-0.39, 0.29) is 23.7 Å². The number of para-hydroxylation sites is 1. The van der Waals surface area contributed by atoms with E-state index in [1.165, 1.54) is 6.08 Å². The molecule has 0 aliphatic carbocycles. The summed E-state index contributed by atoms with van der Waals surface area (Å²) in [4.78, 5) is 46.1. The maximum atomic E-state index is 12.9. The summed E-state index contributed by atoms with van der Waals surface area (Å²) in [5, 5.41) is 1.05. The summed E-state index contributed by atoms with van der Waals surface area (Å²) < 4.78 is 5.49. The van der Waals surface area contributed by atoms with Crippen LogP contribution in [0.4, 0.5) is 0 Å². The molecule has 1 atom stereocenters. The minimum absolute atomic E-state index is 0.0319. The number of allylic oxidation sites excluding steroid dienone is 1. The third-order valence-electron chi connectivity index (χ3n) is 6.53. The van der Waals surface area contributed by atoms with Crippen LogP contribution in [0.15, 0.2) is 66.7 Å². The molecule has 0 radical (unpaired) electrons. The number of fused-ring (bicyclic) bond motifs is 1. The summed E-state index contributed by atoms with van der Waals surface area (Å²) in [6, 6.07) is 18.4. The van der Waals surface area contributed by atoms with Crippen molar-refractivity contribution in [3.63, 3.8) is 0 Å². The predicted octanol–water partition coefficient (Wildman–Crippen LogP) is 3.59. The molecular formula is C28H27N3O4. The Bertz CT molecular complexity index is 1270. The number of pyridine rings is 1. The maximum absolute atomic E-state index is 12.9. The van der Waals surface area contributed by atoms with Crippen LogP contribution in [-0.4, -0.2) is 71.3 Å². The van der Waals surface area contributed by atoms with Crippen LogP contribution < -0.4 is 0 Å². The van der Waals surface area contributed by atoms with E-state index in [1.54, 1.807) is 40.1 Å². The zero-order chi connectivity index (χ0) is 24.2. The number of piperazine rings is 1. The Kier molecular flexibility index (Phi) is 6.68. The second-order valence-corrected chi connectivity index (χ2v) is 8.82. The van der Waals surface area contributed by atoms with Crippen molar-refractivity contribution in [3.8, 4) is 0 Å². The minimum Gasteiger partial charge on any atom is -0.368 e. The highest BCUT2D eigenvalue weighted by Crippen LogP contribution is 2.17. The van der Waals surface area contributed by atoms with Crippen LogP contribution in [0, 0.1) is 0 Å². The largest absolute Gasteiger partial charge is 0.368 e. The summed E-state index contributed by atoms with van der Waals surface area (Å²) >= 11 is 0. The van der Waals surface area contributed by atoms with Gasteiger partial charge in [-0.2, -0.15) is 0 Å². The highest BCUT2D eigenvalue weighted by Gasteiger charge is 2.31. The fourth-order valence-corrected chi connectivity index (χ4v) is 4.50. The molecule has 2 amide bonds. The van der Waals surface area contributed by atoms with Gasteiger partial charge in [-0.3, -0.25) is 14.4 Å². The number of carbonyl (C=O) groups excluding carboxylic acids is 3. The first-order chi connectivity index (χ1) is 17.1. The number of rotatable bonds is 5. The average Bonchev–Trinajstić information content (AvgIpc) is 3.46. The summed E-state index contributed by atoms with van der Waals surface area (Å²) in [6.45, 7) is 2.63. The molecule has 1 aromatic heterocycles. The summed E-state index contributed by atoms with van der Waals surface area (Å²) in [5.41, 5.74) is 2.62. The second-order valence-electron chi connectivity index (χ2n) is 8.82. The topological polar surface area (TPSA) is 79.8 Å². The maximum Gasteiger partial charge on any atom is 0.253 e. The van der Waals surface area contributed by atoms with E-state index in [0.717, 1.165) is 23.7 Å². The summed E-state index contributed by atoms with van der Waals surface area (Å²) in [7, 11) is 0. The lowest BCUT2D eigenvalue weighted by atomic mass is 10.1. The van der Waals surface area contributed by atoms with Gasteiger partial charge in [0.1, 0.15) is 6.10 Å². The number of hydrogen-bond donors (Lipinski definition) is 0. The van der Waals surface area contributed by atoms with Gasteiger partial charge in [-0.15, -0.1) is 0 Å². The average molecular weight is 470 g/mol. The van der Waals surface area contributed by atoms with Crippen LogP contribution in [0.2, 0.25) is 0 Å². The molecule has 178 valence electrons. The Labute approximate surface area is 204 Å². The molecule has 2 fully saturated rings. The highest BCUT2D eigenvalue weighted by molar-refractivity contribution is 6.07. The van der Waals surface area contributed by atoms with Crippen LogP contribution >= 0.6 is 0 Å². The van der Waals surface area contributed by atoms with Crippen LogP contribution in [0.3, 0.4) is 0 Å². The Morgan fingerprint density at radius 1 is 0.857 bits per heavy atom. The number of ether oxygens (including phenoxy) is 1. The molecule has 3 heterocycles. The van der Waals surface area contributed by atoms with Gasteiger partial charge in [0.25, 0.3) is 11.8 Å². The van der Waals surface area contributed by atoms with Gasteiger partial charge >= 0.3 is 0 Å². The van der Waals surface area contributed by atoms with Crippen molar-refractivity contribution in [1.82, 2.24) is 14.8 Å². The molecule has 7 nitrogen and oxygen atoms in total. The Morgan fingerprint density at radius 2 is 1.57 bits per heavy atom.